The minimum Gasteiger partial charge on any atom is -0.326 e. The quantitative estimate of drug-likeness (QED) is 0.694. The van der Waals surface area contributed by atoms with Gasteiger partial charge in [0.05, 0.1) is 0 Å². The Kier molecular flexibility index (Phi) is 3.91. The lowest BCUT2D eigenvalue weighted by Crippen LogP contribution is -2.55. The molecule has 1 heterocycles. The predicted octanol–water partition coefficient (Wildman–Crippen LogP) is 2.77. The molecule has 2 nitrogen and oxygen atoms in total. The first-order valence-corrected chi connectivity index (χ1v) is 7.09. The van der Waals surface area contributed by atoms with E-state index in [1.807, 2.05) is 0 Å². The molecule has 1 atom stereocenters. The van der Waals surface area contributed by atoms with Crippen LogP contribution in [0.2, 0.25) is 0 Å². The van der Waals surface area contributed by atoms with Crippen molar-refractivity contribution in [3.05, 3.63) is 0 Å². The first-order chi connectivity index (χ1) is 7.59. The number of nitrogens with zero attached hydrogens (tertiary/aromatic N) is 1. The molecule has 2 heteroatoms. The molecule has 0 aromatic rings. The molecule has 94 valence electrons. The summed E-state index contributed by atoms with van der Waals surface area (Å²) in [6.07, 6.45) is 9.84. The molecule has 2 rings (SSSR count). The van der Waals surface area contributed by atoms with Gasteiger partial charge in [-0.05, 0) is 31.2 Å². The number of rotatable bonds is 1. The van der Waals surface area contributed by atoms with Crippen molar-refractivity contribution in [2.45, 2.75) is 70.9 Å². The standard InChI is InChI=1S/C14H28N2/c1-14(2)9-10-16(11-13(14)15)12-7-5-3-4-6-8-12/h12-13H,3-11,15H2,1-2H3. The summed E-state index contributed by atoms with van der Waals surface area (Å²) in [5.41, 5.74) is 6.66. The molecule has 0 amide bonds. The predicted molar refractivity (Wildman–Crippen MR) is 69.4 cm³/mol. The smallest absolute Gasteiger partial charge is 0.0220 e. The van der Waals surface area contributed by atoms with E-state index in [2.05, 4.69) is 18.7 Å². The van der Waals surface area contributed by atoms with Crippen molar-refractivity contribution < 1.29 is 0 Å². The van der Waals surface area contributed by atoms with Crippen molar-refractivity contribution in [3.8, 4) is 0 Å². The van der Waals surface area contributed by atoms with Crippen LogP contribution in [0.4, 0.5) is 0 Å². The van der Waals surface area contributed by atoms with E-state index in [0.29, 0.717) is 11.5 Å². The minimum atomic E-state index is 0.348. The highest BCUT2D eigenvalue weighted by atomic mass is 15.2. The molecule has 16 heavy (non-hydrogen) atoms. The van der Waals surface area contributed by atoms with Crippen LogP contribution in [-0.2, 0) is 0 Å². The van der Waals surface area contributed by atoms with Gasteiger partial charge in [-0.1, -0.05) is 39.5 Å². The SMILES string of the molecule is CC1(C)CCN(C2CCCCCC2)CC1N. The maximum absolute atomic E-state index is 6.31. The van der Waals surface area contributed by atoms with Crippen molar-refractivity contribution in [2.24, 2.45) is 11.1 Å². The van der Waals surface area contributed by atoms with E-state index in [1.54, 1.807) is 0 Å². The Bertz CT molecular complexity index is 217. The third kappa shape index (κ3) is 2.78. The number of hydrogen-bond acceptors (Lipinski definition) is 2. The summed E-state index contributed by atoms with van der Waals surface area (Å²) in [5.74, 6) is 0. The van der Waals surface area contributed by atoms with Crippen molar-refractivity contribution in [3.63, 3.8) is 0 Å². The summed E-state index contributed by atoms with van der Waals surface area (Å²) in [6, 6.07) is 1.20. The molecule has 2 aliphatic rings. The summed E-state index contributed by atoms with van der Waals surface area (Å²) >= 11 is 0. The van der Waals surface area contributed by atoms with Gasteiger partial charge in [0, 0.05) is 18.6 Å². The Hall–Kier alpha value is -0.0800. The summed E-state index contributed by atoms with van der Waals surface area (Å²) in [4.78, 5) is 2.68. The van der Waals surface area contributed by atoms with E-state index in [-0.39, 0.29) is 0 Å². The molecule has 1 unspecified atom stereocenters. The zero-order valence-electron chi connectivity index (χ0n) is 11.0. The van der Waals surface area contributed by atoms with Gasteiger partial charge in [-0.15, -0.1) is 0 Å². The van der Waals surface area contributed by atoms with Crippen molar-refractivity contribution in [2.75, 3.05) is 13.1 Å². The van der Waals surface area contributed by atoms with E-state index >= 15 is 0 Å². The lowest BCUT2D eigenvalue weighted by atomic mass is 9.78. The molecule has 0 radical (unpaired) electrons. The zero-order valence-corrected chi connectivity index (χ0v) is 11.0. The molecule has 2 N–H and O–H groups in total. The number of piperidine rings is 1. The largest absolute Gasteiger partial charge is 0.326 e. The molecule has 2 fully saturated rings. The molecular formula is C14H28N2. The maximum atomic E-state index is 6.31. The molecule has 0 aromatic heterocycles. The summed E-state index contributed by atoms with van der Waals surface area (Å²) in [5, 5.41) is 0. The highest BCUT2D eigenvalue weighted by molar-refractivity contribution is 4.91. The molecule has 0 spiro atoms. The fraction of sp³-hybridized carbons (Fsp3) is 1.00. The number of hydrogen-bond donors (Lipinski definition) is 1. The first kappa shape index (κ1) is 12.4. The zero-order chi connectivity index (χ0) is 11.6. The van der Waals surface area contributed by atoms with Gasteiger partial charge in [-0.25, -0.2) is 0 Å². The van der Waals surface area contributed by atoms with Gasteiger partial charge in [-0.3, -0.25) is 4.90 Å². The van der Waals surface area contributed by atoms with E-state index in [1.165, 1.54) is 51.5 Å². The average molecular weight is 224 g/mol. The second-order valence-electron chi connectivity index (χ2n) is 6.49. The first-order valence-electron chi connectivity index (χ1n) is 7.09. The second-order valence-corrected chi connectivity index (χ2v) is 6.49. The van der Waals surface area contributed by atoms with E-state index in [4.69, 9.17) is 5.73 Å². The molecule has 1 aliphatic carbocycles. The molecular weight excluding hydrogens is 196 g/mol. The Morgan fingerprint density at radius 1 is 1.06 bits per heavy atom. The van der Waals surface area contributed by atoms with Crippen LogP contribution >= 0.6 is 0 Å². The van der Waals surface area contributed by atoms with Gasteiger partial charge < -0.3 is 5.73 Å². The summed E-state index contributed by atoms with van der Waals surface area (Å²) < 4.78 is 0. The normalized spacial score (nSPS) is 33.6. The number of nitrogens with two attached hydrogens (primary N) is 1. The maximum Gasteiger partial charge on any atom is 0.0220 e. The Morgan fingerprint density at radius 3 is 2.25 bits per heavy atom. The van der Waals surface area contributed by atoms with Gasteiger partial charge in [0.15, 0.2) is 0 Å². The second kappa shape index (κ2) is 5.05. The molecule has 0 aromatic carbocycles. The van der Waals surface area contributed by atoms with Gasteiger partial charge >= 0.3 is 0 Å². The van der Waals surface area contributed by atoms with Crippen LogP contribution in [0.5, 0.6) is 0 Å². The fourth-order valence-electron chi connectivity index (χ4n) is 3.16. The van der Waals surface area contributed by atoms with E-state index < -0.39 is 0 Å². The van der Waals surface area contributed by atoms with Crippen LogP contribution in [0.3, 0.4) is 0 Å². The van der Waals surface area contributed by atoms with E-state index in [9.17, 15) is 0 Å². The lowest BCUT2D eigenvalue weighted by Gasteiger charge is -2.45. The highest BCUT2D eigenvalue weighted by Gasteiger charge is 2.35. The van der Waals surface area contributed by atoms with Crippen LogP contribution in [0.15, 0.2) is 0 Å². The summed E-state index contributed by atoms with van der Waals surface area (Å²) in [7, 11) is 0. The van der Waals surface area contributed by atoms with Gasteiger partial charge in [0.25, 0.3) is 0 Å². The minimum absolute atomic E-state index is 0.348. The van der Waals surface area contributed by atoms with Crippen molar-refractivity contribution in [1.82, 2.24) is 4.90 Å². The average Bonchev–Trinajstić information content (AvgIpc) is 2.50. The van der Waals surface area contributed by atoms with Crippen LogP contribution in [-0.4, -0.2) is 30.1 Å². The lowest BCUT2D eigenvalue weighted by molar-refractivity contribution is 0.0666. The Balaban J connectivity index is 1.90. The number of likely N-dealkylation sites (tertiary alicyclic amines) is 1. The van der Waals surface area contributed by atoms with Crippen molar-refractivity contribution in [1.29, 1.82) is 0 Å². The van der Waals surface area contributed by atoms with Crippen LogP contribution < -0.4 is 5.73 Å². The van der Waals surface area contributed by atoms with Crippen LogP contribution in [0, 0.1) is 5.41 Å². The summed E-state index contributed by atoms with van der Waals surface area (Å²) in [6.45, 7) is 7.03. The highest BCUT2D eigenvalue weighted by Crippen LogP contribution is 2.32. The Morgan fingerprint density at radius 2 is 1.69 bits per heavy atom. The fourth-order valence-corrected chi connectivity index (χ4v) is 3.16. The third-order valence-corrected chi connectivity index (χ3v) is 4.82. The van der Waals surface area contributed by atoms with Gasteiger partial charge in [-0.2, -0.15) is 0 Å². The van der Waals surface area contributed by atoms with E-state index in [0.717, 1.165) is 12.6 Å². The third-order valence-electron chi connectivity index (χ3n) is 4.82. The molecule has 0 bridgehead atoms. The molecule has 1 aliphatic heterocycles. The monoisotopic (exact) mass is 224 g/mol. The molecule has 1 saturated heterocycles. The van der Waals surface area contributed by atoms with Gasteiger partial charge in [0.2, 0.25) is 0 Å². The van der Waals surface area contributed by atoms with Gasteiger partial charge in [0.1, 0.15) is 0 Å². The van der Waals surface area contributed by atoms with Crippen LogP contribution in [0.25, 0.3) is 0 Å². The Labute approximate surface area is 101 Å². The molecule has 1 saturated carbocycles. The van der Waals surface area contributed by atoms with Crippen molar-refractivity contribution >= 4 is 0 Å². The topological polar surface area (TPSA) is 29.3 Å². The van der Waals surface area contributed by atoms with Crippen LogP contribution in [0.1, 0.15) is 58.8 Å².